The molecule has 2 aromatic heterocycles. The van der Waals surface area contributed by atoms with Gasteiger partial charge < -0.3 is 9.73 Å². The number of carbonyl (C=O) groups is 1. The maximum absolute atomic E-state index is 12.7. The number of nitriles is 1. The molecule has 4 rings (SSSR count). The number of hydrogen-bond acceptors (Lipinski definition) is 5. The van der Waals surface area contributed by atoms with Crippen LogP contribution in [0, 0.1) is 11.3 Å². The fraction of sp³-hybridized carbons (Fsp3) is 0. The van der Waals surface area contributed by atoms with Gasteiger partial charge in [0.15, 0.2) is 0 Å². The van der Waals surface area contributed by atoms with E-state index in [0.29, 0.717) is 37.6 Å². The van der Waals surface area contributed by atoms with E-state index in [2.05, 4.69) is 16.4 Å². The van der Waals surface area contributed by atoms with Crippen molar-refractivity contribution in [3.63, 3.8) is 0 Å². The minimum absolute atomic E-state index is 0.285. The van der Waals surface area contributed by atoms with Gasteiger partial charge in [-0.3, -0.25) is 4.79 Å². The monoisotopic (exact) mass is 431 g/mol. The summed E-state index contributed by atoms with van der Waals surface area (Å²) in [6, 6.07) is 21.8. The Kier molecular flexibility index (Phi) is 5.75. The van der Waals surface area contributed by atoms with E-state index in [9.17, 15) is 10.1 Å². The van der Waals surface area contributed by atoms with E-state index in [0.717, 1.165) is 5.56 Å². The van der Waals surface area contributed by atoms with Gasteiger partial charge in [0.05, 0.1) is 11.8 Å². The molecule has 1 amide bonds. The smallest absolute Gasteiger partial charge is 0.256 e. The van der Waals surface area contributed by atoms with Gasteiger partial charge in [-0.25, -0.2) is 4.98 Å². The number of hydrogen-bond donors (Lipinski definition) is 1. The molecule has 1 N–H and O–H groups in total. The van der Waals surface area contributed by atoms with Crippen LogP contribution in [0.5, 0.6) is 0 Å². The van der Waals surface area contributed by atoms with Crippen LogP contribution in [0.25, 0.3) is 22.9 Å². The summed E-state index contributed by atoms with van der Waals surface area (Å²) in [5, 5.41) is 14.2. The third-order valence-electron chi connectivity index (χ3n) is 4.19. The van der Waals surface area contributed by atoms with Crippen LogP contribution in [-0.2, 0) is 0 Å². The number of thiazole rings is 1. The zero-order chi connectivity index (χ0) is 20.9. The molecule has 30 heavy (non-hydrogen) atoms. The lowest BCUT2D eigenvalue weighted by Gasteiger charge is -2.05. The summed E-state index contributed by atoms with van der Waals surface area (Å²) in [6.45, 7) is 0. The number of nitrogens with one attached hydrogen (secondary N) is 1. The molecule has 5 nitrogen and oxygen atoms in total. The Bertz CT molecular complexity index is 1240. The summed E-state index contributed by atoms with van der Waals surface area (Å²) >= 11 is 7.14. The lowest BCUT2D eigenvalue weighted by Crippen LogP contribution is -2.11. The average Bonchev–Trinajstić information content (AvgIpc) is 3.43. The second-order valence-electron chi connectivity index (χ2n) is 6.21. The van der Waals surface area contributed by atoms with Gasteiger partial charge >= 0.3 is 0 Å². The Morgan fingerprint density at radius 3 is 2.53 bits per heavy atom. The molecule has 4 aromatic rings. The Labute approximate surface area is 181 Å². The van der Waals surface area contributed by atoms with Crippen LogP contribution < -0.4 is 5.32 Å². The topological polar surface area (TPSA) is 78.9 Å². The van der Waals surface area contributed by atoms with Crippen molar-refractivity contribution < 1.29 is 9.21 Å². The van der Waals surface area contributed by atoms with Gasteiger partial charge in [-0.15, -0.1) is 0 Å². The Balaban J connectivity index is 1.74. The molecule has 146 valence electrons. The summed E-state index contributed by atoms with van der Waals surface area (Å²) in [5.41, 5.74) is 2.25. The first-order chi connectivity index (χ1) is 14.6. The molecular formula is C23H14ClN3O2S. The van der Waals surface area contributed by atoms with Gasteiger partial charge in [0, 0.05) is 22.2 Å². The number of carbonyl (C=O) groups excluding carboxylic acids is 1. The van der Waals surface area contributed by atoms with Crippen molar-refractivity contribution in [3.05, 3.63) is 94.3 Å². The maximum atomic E-state index is 12.7. The number of halogens is 1. The Morgan fingerprint density at radius 2 is 1.87 bits per heavy atom. The highest BCUT2D eigenvalue weighted by molar-refractivity contribution is 7.17. The minimum Gasteiger partial charge on any atom is -0.465 e. The van der Waals surface area contributed by atoms with Crippen molar-refractivity contribution >= 4 is 45.5 Å². The summed E-state index contributed by atoms with van der Waals surface area (Å²) < 4.78 is 5.31. The van der Waals surface area contributed by atoms with E-state index < -0.39 is 0 Å². The van der Waals surface area contributed by atoms with E-state index >= 15 is 0 Å². The highest BCUT2D eigenvalue weighted by Crippen LogP contribution is 2.36. The van der Waals surface area contributed by atoms with Crippen LogP contribution in [0.3, 0.4) is 0 Å². The molecule has 0 aliphatic heterocycles. The lowest BCUT2D eigenvalue weighted by atomic mass is 10.1. The molecule has 0 bridgehead atoms. The Hall–Kier alpha value is -3.66. The molecule has 0 saturated carbocycles. The molecule has 7 heteroatoms. The van der Waals surface area contributed by atoms with Crippen LogP contribution in [0.2, 0.25) is 5.02 Å². The number of anilines is 1. The number of benzene rings is 2. The summed E-state index contributed by atoms with van der Waals surface area (Å²) in [5.74, 6) is 0.266. The standard InChI is InChI=1S/C23H14ClN3O2S/c24-18-10-8-16(9-11-18)21(28)27-23-20(15-5-2-1-3-6-15)26-22(30-23)17(14-25)13-19-7-4-12-29-19/h1-13H,(H,27,28)/b17-13+. The second-order valence-corrected chi connectivity index (χ2v) is 7.64. The number of nitrogens with zero attached hydrogens (tertiary/aromatic N) is 2. The molecule has 0 fully saturated rings. The van der Waals surface area contributed by atoms with Crippen molar-refractivity contribution in [2.45, 2.75) is 0 Å². The first kappa shape index (κ1) is 19.6. The molecule has 2 heterocycles. The maximum Gasteiger partial charge on any atom is 0.256 e. The van der Waals surface area contributed by atoms with Crippen molar-refractivity contribution in [3.8, 4) is 17.3 Å². The zero-order valence-corrected chi connectivity index (χ0v) is 17.1. The quantitative estimate of drug-likeness (QED) is 0.372. The van der Waals surface area contributed by atoms with Crippen LogP contribution >= 0.6 is 22.9 Å². The molecule has 0 unspecified atom stereocenters. The first-order valence-corrected chi connectivity index (χ1v) is 10.1. The third kappa shape index (κ3) is 4.33. The fourth-order valence-electron chi connectivity index (χ4n) is 2.75. The highest BCUT2D eigenvalue weighted by Gasteiger charge is 2.18. The normalized spacial score (nSPS) is 11.1. The van der Waals surface area contributed by atoms with E-state index in [-0.39, 0.29) is 5.91 Å². The minimum atomic E-state index is -0.285. The SMILES string of the molecule is N#C/C(=C\c1ccco1)c1nc(-c2ccccc2)c(NC(=O)c2ccc(Cl)cc2)s1. The summed E-state index contributed by atoms with van der Waals surface area (Å²) in [7, 11) is 0. The molecule has 0 spiro atoms. The fourth-order valence-corrected chi connectivity index (χ4v) is 3.82. The van der Waals surface area contributed by atoms with Crippen molar-refractivity contribution in [1.29, 1.82) is 5.26 Å². The molecule has 0 atom stereocenters. The van der Waals surface area contributed by atoms with E-state index in [1.54, 1.807) is 42.5 Å². The molecule has 0 aliphatic carbocycles. The molecular weight excluding hydrogens is 418 g/mol. The first-order valence-electron chi connectivity index (χ1n) is 8.93. The summed E-state index contributed by atoms with van der Waals surface area (Å²) in [6.07, 6.45) is 3.16. The van der Waals surface area contributed by atoms with Gasteiger partial charge in [-0.1, -0.05) is 53.3 Å². The van der Waals surface area contributed by atoms with Gasteiger partial charge in [0.2, 0.25) is 0 Å². The van der Waals surface area contributed by atoms with Gasteiger partial charge in [-0.2, -0.15) is 5.26 Å². The molecule has 2 aromatic carbocycles. The van der Waals surface area contributed by atoms with E-state index in [1.165, 1.54) is 17.6 Å². The van der Waals surface area contributed by atoms with Gasteiger partial charge in [0.25, 0.3) is 5.91 Å². The van der Waals surface area contributed by atoms with E-state index in [1.807, 2.05) is 30.3 Å². The predicted octanol–water partition coefficient (Wildman–Crippen LogP) is 6.37. The number of rotatable bonds is 5. The number of allylic oxidation sites excluding steroid dienone is 1. The molecule has 0 radical (unpaired) electrons. The third-order valence-corrected chi connectivity index (χ3v) is 5.44. The Morgan fingerprint density at radius 1 is 1.10 bits per heavy atom. The lowest BCUT2D eigenvalue weighted by molar-refractivity contribution is 0.102. The van der Waals surface area contributed by atoms with Crippen molar-refractivity contribution in [1.82, 2.24) is 4.98 Å². The van der Waals surface area contributed by atoms with Crippen molar-refractivity contribution in [2.75, 3.05) is 5.32 Å². The number of aromatic nitrogens is 1. The largest absolute Gasteiger partial charge is 0.465 e. The number of amides is 1. The van der Waals surface area contributed by atoms with Crippen LogP contribution in [-0.4, -0.2) is 10.9 Å². The second kappa shape index (κ2) is 8.78. The van der Waals surface area contributed by atoms with Crippen LogP contribution in [0.1, 0.15) is 21.1 Å². The molecule has 0 saturated heterocycles. The van der Waals surface area contributed by atoms with Crippen molar-refractivity contribution in [2.24, 2.45) is 0 Å². The van der Waals surface area contributed by atoms with Gasteiger partial charge in [-0.05, 0) is 36.4 Å². The van der Waals surface area contributed by atoms with Crippen LogP contribution in [0.15, 0.2) is 77.4 Å². The summed E-state index contributed by atoms with van der Waals surface area (Å²) in [4.78, 5) is 17.4. The average molecular weight is 432 g/mol. The molecule has 0 aliphatic rings. The zero-order valence-electron chi connectivity index (χ0n) is 15.5. The predicted molar refractivity (Wildman–Crippen MR) is 119 cm³/mol. The van der Waals surface area contributed by atoms with Crippen LogP contribution in [0.4, 0.5) is 5.00 Å². The van der Waals surface area contributed by atoms with E-state index in [4.69, 9.17) is 16.0 Å². The van der Waals surface area contributed by atoms with Gasteiger partial charge in [0.1, 0.15) is 27.5 Å². The number of furan rings is 1. The highest BCUT2D eigenvalue weighted by atomic mass is 35.5.